The van der Waals surface area contributed by atoms with E-state index >= 15 is 0 Å². The molecule has 1 unspecified atom stereocenters. The number of hydrogen-bond donors (Lipinski definition) is 2. The van der Waals surface area contributed by atoms with E-state index in [2.05, 4.69) is 5.32 Å². The number of rotatable bonds is 4. The Morgan fingerprint density at radius 3 is 2.76 bits per heavy atom. The van der Waals surface area contributed by atoms with Gasteiger partial charge in [0.2, 0.25) is 11.8 Å². The second kappa shape index (κ2) is 6.69. The first-order valence-electron chi connectivity index (χ1n) is 7.09. The van der Waals surface area contributed by atoms with Crippen molar-refractivity contribution in [3.05, 3.63) is 29.8 Å². The van der Waals surface area contributed by atoms with Crippen LogP contribution in [-0.4, -0.2) is 54.3 Å². The largest absolute Gasteiger partial charge is 0.343 e. The minimum atomic E-state index is -0.353. The highest BCUT2D eigenvalue weighted by atomic mass is 16.2. The Balaban J connectivity index is 2.01. The number of piperazine rings is 1. The average molecular weight is 290 g/mol. The number of likely N-dealkylation sites (N-methyl/N-ethyl adjacent to an activating group) is 1. The first-order chi connectivity index (χ1) is 10.0. The van der Waals surface area contributed by atoms with Crippen LogP contribution in [0, 0.1) is 0 Å². The van der Waals surface area contributed by atoms with E-state index in [1.807, 2.05) is 36.1 Å². The molecule has 0 bridgehead atoms. The van der Waals surface area contributed by atoms with Crippen molar-refractivity contribution in [3.8, 4) is 0 Å². The maximum atomic E-state index is 12.3. The van der Waals surface area contributed by atoms with Gasteiger partial charge in [-0.2, -0.15) is 0 Å². The molecular weight excluding hydrogens is 268 g/mol. The summed E-state index contributed by atoms with van der Waals surface area (Å²) in [6.07, 6.45) is 0. The molecular formula is C15H22N4O2. The van der Waals surface area contributed by atoms with Gasteiger partial charge >= 0.3 is 0 Å². The number of anilines is 1. The summed E-state index contributed by atoms with van der Waals surface area (Å²) in [6.45, 7) is 3.83. The van der Waals surface area contributed by atoms with E-state index in [4.69, 9.17) is 5.73 Å². The fourth-order valence-electron chi connectivity index (χ4n) is 2.33. The van der Waals surface area contributed by atoms with Gasteiger partial charge in [0.15, 0.2) is 0 Å². The summed E-state index contributed by atoms with van der Waals surface area (Å²) in [7, 11) is 1.78. The predicted octanol–water partition coefficient (Wildman–Crippen LogP) is 0.246. The molecule has 1 saturated heterocycles. The second-order valence-corrected chi connectivity index (χ2v) is 5.31. The molecule has 1 aliphatic heterocycles. The van der Waals surface area contributed by atoms with Crippen molar-refractivity contribution in [1.29, 1.82) is 0 Å². The van der Waals surface area contributed by atoms with Gasteiger partial charge in [0, 0.05) is 32.4 Å². The summed E-state index contributed by atoms with van der Waals surface area (Å²) in [6, 6.07) is 7.12. The maximum absolute atomic E-state index is 12.3. The van der Waals surface area contributed by atoms with Gasteiger partial charge in [0.05, 0.1) is 12.6 Å². The van der Waals surface area contributed by atoms with Crippen LogP contribution in [0.4, 0.5) is 5.69 Å². The molecule has 1 aromatic rings. The van der Waals surface area contributed by atoms with Crippen LogP contribution in [0.15, 0.2) is 24.3 Å². The third kappa shape index (κ3) is 3.59. The molecule has 1 fully saturated rings. The molecule has 1 aromatic carbocycles. The molecule has 1 aliphatic rings. The monoisotopic (exact) mass is 290 g/mol. The summed E-state index contributed by atoms with van der Waals surface area (Å²) in [5.74, 6) is -0.0727. The number of carbonyl (C=O) groups excluding carboxylic acids is 2. The second-order valence-electron chi connectivity index (χ2n) is 5.31. The Hall–Kier alpha value is -1.92. The number of nitrogens with two attached hydrogens (primary N) is 1. The van der Waals surface area contributed by atoms with Crippen molar-refractivity contribution in [2.24, 2.45) is 5.73 Å². The molecule has 0 saturated carbocycles. The lowest BCUT2D eigenvalue weighted by atomic mass is 10.1. The Morgan fingerprint density at radius 1 is 1.38 bits per heavy atom. The summed E-state index contributed by atoms with van der Waals surface area (Å²) in [4.78, 5) is 27.7. The van der Waals surface area contributed by atoms with Crippen LogP contribution >= 0.6 is 0 Å². The van der Waals surface area contributed by atoms with Crippen molar-refractivity contribution in [2.45, 2.75) is 19.5 Å². The van der Waals surface area contributed by atoms with Crippen LogP contribution in [0.5, 0.6) is 0 Å². The number of amides is 2. The van der Waals surface area contributed by atoms with E-state index in [0.717, 1.165) is 11.3 Å². The van der Waals surface area contributed by atoms with Crippen molar-refractivity contribution >= 4 is 17.5 Å². The molecule has 0 aliphatic carbocycles. The normalized spacial score (nSPS) is 17.7. The molecule has 0 radical (unpaired) electrons. The first-order valence-corrected chi connectivity index (χ1v) is 7.09. The zero-order chi connectivity index (χ0) is 15.4. The Bertz CT molecular complexity index is 532. The molecule has 2 amide bonds. The van der Waals surface area contributed by atoms with Gasteiger partial charge in [-0.25, -0.2) is 0 Å². The average Bonchev–Trinajstić information content (AvgIpc) is 2.49. The van der Waals surface area contributed by atoms with Gasteiger partial charge in [-0.15, -0.1) is 0 Å². The van der Waals surface area contributed by atoms with E-state index in [-0.39, 0.29) is 24.4 Å². The van der Waals surface area contributed by atoms with Gasteiger partial charge in [0.1, 0.15) is 0 Å². The third-order valence-electron chi connectivity index (χ3n) is 3.91. The predicted molar refractivity (Wildman–Crippen MR) is 81.6 cm³/mol. The summed E-state index contributed by atoms with van der Waals surface area (Å²) < 4.78 is 0. The molecule has 3 N–H and O–H groups in total. The van der Waals surface area contributed by atoms with Crippen molar-refractivity contribution in [3.63, 3.8) is 0 Å². The highest BCUT2D eigenvalue weighted by molar-refractivity contribution is 5.95. The minimum Gasteiger partial charge on any atom is -0.343 e. The van der Waals surface area contributed by atoms with Crippen LogP contribution in [-0.2, 0) is 16.1 Å². The number of benzene rings is 1. The van der Waals surface area contributed by atoms with E-state index in [1.165, 1.54) is 0 Å². The molecule has 0 aromatic heterocycles. The smallest absolute Gasteiger partial charge is 0.241 e. The first kappa shape index (κ1) is 15.5. The fourth-order valence-corrected chi connectivity index (χ4v) is 2.33. The van der Waals surface area contributed by atoms with E-state index in [0.29, 0.717) is 19.6 Å². The topological polar surface area (TPSA) is 78.7 Å². The standard InChI is InChI=1S/C15H22N4O2/c1-11(19-8-7-18(2)14(20)10-19)15(21)17-13-6-4-3-5-12(13)9-16/h3-6,11H,7-10,16H2,1-2H3,(H,17,21). The molecule has 6 nitrogen and oxygen atoms in total. The van der Waals surface area contributed by atoms with Crippen LogP contribution in [0.1, 0.15) is 12.5 Å². The van der Waals surface area contributed by atoms with Gasteiger partial charge < -0.3 is 16.0 Å². The molecule has 6 heteroatoms. The Kier molecular flexibility index (Phi) is 4.93. The van der Waals surface area contributed by atoms with Crippen LogP contribution < -0.4 is 11.1 Å². The number of carbonyl (C=O) groups is 2. The van der Waals surface area contributed by atoms with Crippen LogP contribution in [0.2, 0.25) is 0 Å². The highest BCUT2D eigenvalue weighted by Gasteiger charge is 2.28. The van der Waals surface area contributed by atoms with Crippen LogP contribution in [0.3, 0.4) is 0 Å². The fraction of sp³-hybridized carbons (Fsp3) is 0.467. The molecule has 2 rings (SSSR count). The number of hydrogen-bond acceptors (Lipinski definition) is 4. The number of nitrogens with one attached hydrogen (secondary N) is 1. The Morgan fingerprint density at radius 2 is 2.10 bits per heavy atom. The van der Waals surface area contributed by atoms with Crippen LogP contribution in [0.25, 0.3) is 0 Å². The van der Waals surface area contributed by atoms with Gasteiger partial charge in [-0.1, -0.05) is 18.2 Å². The lowest BCUT2D eigenvalue weighted by Gasteiger charge is -2.35. The quantitative estimate of drug-likeness (QED) is 0.833. The maximum Gasteiger partial charge on any atom is 0.241 e. The molecule has 1 atom stereocenters. The lowest BCUT2D eigenvalue weighted by Crippen LogP contribution is -2.54. The lowest BCUT2D eigenvalue weighted by molar-refractivity contribution is -0.136. The number of para-hydroxylation sites is 1. The molecule has 1 heterocycles. The SMILES string of the molecule is CC(C(=O)Nc1ccccc1CN)N1CCN(C)C(=O)C1. The highest BCUT2D eigenvalue weighted by Crippen LogP contribution is 2.15. The molecule has 0 spiro atoms. The zero-order valence-corrected chi connectivity index (χ0v) is 12.5. The van der Waals surface area contributed by atoms with Gasteiger partial charge in [0.25, 0.3) is 0 Å². The van der Waals surface area contributed by atoms with Crippen molar-refractivity contribution in [1.82, 2.24) is 9.80 Å². The summed E-state index contributed by atoms with van der Waals surface area (Å²) in [5.41, 5.74) is 7.30. The molecule has 21 heavy (non-hydrogen) atoms. The van der Waals surface area contributed by atoms with Crippen molar-refractivity contribution < 1.29 is 9.59 Å². The minimum absolute atomic E-state index is 0.0447. The van der Waals surface area contributed by atoms with Crippen molar-refractivity contribution in [2.75, 3.05) is 32.0 Å². The third-order valence-corrected chi connectivity index (χ3v) is 3.91. The summed E-state index contributed by atoms with van der Waals surface area (Å²) in [5, 5.41) is 2.90. The molecule has 114 valence electrons. The van der Waals surface area contributed by atoms with Gasteiger partial charge in [-0.05, 0) is 18.6 Å². The van der Waals surface area contributed by atoms with E-state index < -0.39 is 0 Å². The van der Waals surface area contributed by atoms with Gasteiger partial charge in [-0.3, -0.25) is 14.5 Å². The van der Waals surface area contributed by atoms with E-state index in [9.17, 15) is 9.59 Å². The number of nitrogens with zero attached hydrogens (tertiary/aromatic N) is 2. The Labute approximate surface area is 124 Å². The van der Waals surface area contributed by atoms with E-state index in [1.54, 1.807) is 11.9 Å². The zero-order valence-electron chi connectivity index (χ0n) is 12.5. The summed E-state index contributed by atoms with van der Waals surface area (Å²) >= 11 is 0.